The molecule has 0 radical (unpaired) electrons. The van der Waals surface area contributed by atoms with Crippen molar-refractivity contribution in [1.29, 1.82) is 0 Å². The molecule has 0 amide bonds. The Morgan fingerprint density at radius 2 is 2.15 bits per heavy atom. The predicted octanol–water partition coefficient (Wildman–Crippen LogP) is 1.76. The summed E-state index contributed by atoms with van der Waals surface area (Å²) in [6, 6.07) is 1.93. The summed E-state index contributed by atoms with van der Waals surface area (Å²) in [7, 11) is -0.391. The van der Waals surface area contributed by atoms with Crippen LogP contribution in [0.4, 0.5) is 0 Å². The second-order valence-corrected chi connectivity index (χ2v) is 8.34. The topological polar surface area (TPSA) is 57.7 Å². The van der Waals surface area contributed by atoms with Gasteiger partial charge in [-0.3, -0.25) is 4.79 Å². The first-order valence-electron chi connectivity index (χ1n) is 6.60. The molecular weight excluding hydrogens is 296 g/mol. The van der Waals surface area contributed by atoms with Gasteiger partial charge >= 0.3 is 0 Å². The van der Waals surface area contributed by atoms with Crippen molar-refractivity contribution in [3.05, 3.63) is 21.9 Å². The van der Waals surface area contributed by atoms with Gasteiger partial charge in [0.05, 0.1) is 4.88 Å². The minimum atomic E-state index is -3.43. The quantitative estimate of drug-likeness (QED) is 0.795. The first kappa shape index (κ1) is 15.6. The van der Waals surface area contributed by atoms with E-state index in [2.05, 4.69) is 0 Å². The minimum absolute atomic E-state index is 0.0798. The third kappa shape index (κ3) is 2.95. The molecule has 1 atom stereocenters. The molecule has 5 nitrogen and oxygen atoms in total. The van der Waals surface area contributed by atoms with Gasteiger partial charge in [0.15, 0.2) is 5.78 Å². The Kier molecular flexibility index (Phi) is 4.63. The molecule has 1 fully saturated rings. The highest BCUT2D eigenvalue weighted by molar-refractivity contribution is 7.86. The molecule has 20 heavy (non-hydrogen) atoms. The number of ketones is 1. The van der Waals surface area contributed by atoms with Gasteiger partial charge in [-0.1, -0.05) is 0 Å². The van der Waals surface area contributed by atoms with Crippen LogP contribution in [-0.2, 0) is 10.2 Å². The van der Waals surface area contributed by atoms with Crippen molar-refractivity contribution in [2.45, 2.75) is 19.8 Å². The molecule has 1 aromatic heterocycles. The zero-order chi connectivity index (χ0) is 14.9. The molecule has 0 aromatic carbocycles. The largest absolute Gasteiger partial charge is 0.293 e. The Hall–Kier alpha value is -0.760. The highest BCUT2D eigenvalue weighted by Gasteiger charge is 2.34. The number of aryl methyl sites for hydroxylation is 1. The Bertz CT molecular complexity index is 593. The molecule has 1 aromatic rings. The summed E-state index contributed by atoms with van der Waals surface area (Å²) in [6.07, 6.45) is 1.49. The van der Waals surface area contributed by atoms with E-state index in [4.69, 9.17) is 0 Å². The van der Waals surface area contributed by atoms with Crippen LogP contribution in [0.5, 0.6) is 0 Å². The highest BCUT2D eigenvalue weighted by atomic mass is 32.2. The van der Waals surface area contributed by atoms with Crippen molar-refractivity contribution < 1.29 is 13.2 Å². The Labute approximate surface area is 124 Å². The fourth-order valence-corrected chi connectivity index (χ4v) is 4.54. The van der Waals surface area contributed by atoms with Gasteiger partial charge in [-0.15, -0.1) is 11.3 Å². The predicted molar refractivity (Wildman–Crippen MR) is 80.3 cm³/mol. The summed E-state index contributed by atoms with van der Waals surface area (Å²) < 4.78 is 26.9. The van der Waals surface area contributed by atoms with Crippen molar-refractivity contribution in [1.82, 2.24) is 8.61 Å². The molecule has 7 heteroatoms. The SMILES string of the molecule is Cc1ccsc1C(=O)[C@H]1CCCN(S(=O)(=O)N(C)C)C1. The Balaban J connectivity index is 2.16. The van der Waals surface area contributed by atoms with Crippen LogP contribution in [-0.4, -0.2) is 50.0 Å². The highest BCUT2D eigenvalue weighted by Crippen LogP contribution is 2.27. The average molecular weight is 316 g/mol. The molecular formula is C13H20N2O3S2. The van der Waals surface area contributed by atoms with E-state index >= 15 is 0 Å². The lowest BCUT2D eigenvalue weighted by Gasteiger charge is -2.32. The molecule has 2 rings (SSSR count). The number of rotatable bonds is 4. The van der Waals surface area contributed by atoms with E-state index in [1.807, 2.05) is 18.4 Å². The zero-order valence-corrected chi connectivity index (χ0v) is 13.6. The number of carbonyl (C=O) groups is 1. The molecule has 1 aliphatic heterocycles. The molecule has 2 heterocycles. The van der Waals surface area contributed by atoms with Crippen molar-refractivity contribution >= 4 is 27.3 Å². The van der Waals surface area contributed by atoms with E-state index in [0.717, 1.165) is 23.3 Å². The second kappa shape index (κ2) is 5.93. The van der Waals surface area contributed by atoms with E-state index in [0.29, 0.717) is 6.54 Å². The monoisotopic (exact) mass is 316 g/mol. The van der Waals surface area contributed by atoms with Gasteiger partial charge in [0.25, 0.3) is 10.2 Å². The normalized spacial score (nSPS) is 21.3. The van der Waals surface area contributed by atoms with Gasteiger partial charge in [0.2, 0.25) is 0 Å². The van der Waals surface area contributed by atoms with E-state index in [1.54, 1.807) is 0 Å². The average Bonchev–Trinajstić information content (AvgIpc) is 2.84. The molecule has 112 valence electrons. The van der Waals surface area contributed by atoms with Gasteiger partial charge in [-0.2, -0.15) is 17.0 Å². The van der Waals surface area contributed by atoms with Crippen LogP contribution in [0.1, 0.15) is 28.1 Å². The van der Waals surface area contributed by atoms with Crippen LogP contribution in [0, 0.1) is 12.8 Å². The molecule has 0 N–H and O–H groups in total. The number of thiophene rings is 1. The van der Waals surface area contributed by atoms with Crippen LogP contribution in [0.15, 0.2) is 11.4 Å². The smallest absolute Gasteiger partial charge is 0.281 e. The van der Waals surface area contributed by atoms with Crippen molar-refractivity contribution in [2.24, 2.45) is 5.92 Å². The standard InChI is InChI=1S/C13H20N2O3S2/c1-10-6-8-19-13(10)12(16)11-5-4-7-15(9-11)20(17,18)14(2)3/h6,8,11H,4-5,7,9H2,1-3H3/t11-/m0/s1. The number of hydrogen-bond acceptors (Lipinski definition) is 4. The molecule has 0 unspecified atom stereocenters. The number of nitrogens with zero attached hydrogens (tertiary/aromatic N) is 2. The molecule has 0 bridgehead atoms. The maximum Gasteiger partial charge on any atom is 0.281 e. The van der Waals surface area contributed by atoms with Crippen LogP contribution in [0.3, 0.4) is 0 Å². The van der Waals surface area contributed by atoms with Crippen LogP contribution < -0.4 is 0 Å². The summed E-state index contributed by atoms with van der Waals surface area (Å²) in [6.45, 7) is 2.70. The van der Waals surface area contributed by atoms with Gasteiger partial charge < -0.3 is 0 Å². The van der Waals surface area contributed by atoms with Crippen molar-refractivity contribution in [3.8, 4) is 0 Å². The van der Waals surface area contributed by atoms with Crippen LogP contribution >= 0.6 is 11.3 Å². The van der Waals surface area contributed by atoms with Crippen molar-refractivity contribution in [2.75, 3.05) is 27.2 Å². The summed E-state index contributed by atoms with van der Waals surface area (Å²) in [5.41, 5.74) is 0.979. The fraction of sp³-hybridized carbons (Fsp3) is 0.615. The lowest BCUT2D eigenvalue weighted by Crippen LogP contribution is -2.46. The summed E-state index contributed by atoms with van der Waals surface area (Å²) in [5, 5.41) is 1.90. The fourth-order valence-electron chi connectivity index (χ4n) is 2.41. The summed E-state index contributed by atoms with van der Waals surface area (Å²) >= 11 is 1.44. The van der Waals surface area contributed by atoms with Crippen LogP contribution in [0.25, 0.3) is 0 Å². The molecule has 0 aliphatic carbocycles. The van der Waals surface area contributed by atoms with Crippen molar-refractivity contribution in [3.63, 3.8) is 0 Å². The number of piperidine rings is 1. The lowest BCUT2D eigenvalue weighted by atomic mass is 9.93. The maximum absolute atomic E-state index is 12.5. The minimum Gasteiger partial charge on any atom is -0.293 e. The third-order valence-electron chi connectivity index (χ3n) is 3.63. The maximum atomic E-state index is 12.5. The molecule has 1 saturated heterocycles. The summed E-state index contributed by atoms with van der Waals surface area (Å²) in [5.74, 6) is -0.146. The molecule has 0 saturated carbocycles. The Morgan fingerprint density at radius 1 is 1.45 bits per heavy atom. The van der Waals surface area contributed by atoms with Gasteiger partial charge in [0.1, 0.15) is 0 Å². The molecule has 0 spiro atoms. The van der Waals surface area contributed by atoms with E-state index in [1.165, 1.54) is 34.0 Å². The second-order valence-electron chi connectivity index (χ2n) is 5.28. The number of Topliss-reactive ketones (excluding diaryl/α,β-unsaturated/α-hetero) is 1. The molecule has 1 aliphatic rings. The first-order valence-corrected chi connectivity index (χ1v) is 8.87. The number of carbonyl (C=O) groups excluding carboxylic acids is 1. The van der Waals surface area contributed by atoms with E-state index in [-0.39, 0.29) is 18.2 Å². The van der Waals surface area contributed by atoms with Gasteiger partial charge in [-0.05, 0) is 36.8 Å². The van der Waals surface area contributed by atoms with Gasteiger partial charge in [-0.25, -0.2) is 0 Å². The van der Waals surface area contributed by atoms with E-state index in [9.17, 15) is 13.2 Å². The Morgan fingerprint density at radius 3 is 2.70 bits per heavy atom. The third-order valence-corrected chi connectivity index (χ3v) is 6.57. The lowest BCUT2D eigenvalue weighted by molar-refractivity contribution is 0.0874. The first-order chi connectivity index (χ1) is 9.34. The van der Waals surface area contributed by atoms with E-state index < -0.39 is 10.2 Å². The number of hydrogen-bond donors (Lipinski definition) is 0. The zero-order valence-electron chi connectivity index (χ0n) is 12.0. The van der Waals surface area contributed by atoms with Gasteiger partial charge in [0, 0.05) is 33.1 Å². The summed E-state index contributed by atoms with van der Waals surface area (Å²) in [4.78, 5) is 13.3. The van der Waals surface area contributed by atoms with Crippen LogP contribution in [0.2, 0.25) is 0 Å².